The van der Waals surface area contributed by atoms with E-state index in [1.165, 1.54) is 23.0 Å². The number of sulfone groups is 1. The van der Waals surface area contributed by atoms with Crippen molar-refractivity contribution < 1.29 is 30.8 Å². The van der Waals surface area contributed by atoms with Crippen LogP contribution in [0.5, 0.6) is 0 Å². The van der Waals surface area contributed by atoms with Crippen molar-refractivity contribution in [2.75, 3.05) is 0 Å². The highest BCUT2D eigenvalue weighted by molar-refractivity contribution is 7.92. The lowest BCUT2D eigenvalue weighted by atomic mass is 9.84. The number of carbonyl (C=O) groups excluding carboxylic acids is 1. The van der Waals surface area contributed by atoms with Crippen LogP contribution in [-0.4, -0.2) is 39.3 Å². The Morgan fingerprint density at radius 1 is 1.15 bits per heavy atom. The van der Waals surface area contributed by atoms with E-state index >= 15 is 0 Å². The molecule has 0 saturated heterocycles. The van der Waals surface area contributed by atoms with Crippen molar-refractivity contribution in [1.29, 1.82) is 0 Å². The van der Waals surface area contributed by atoms with Crippen LogP contribution in [0.3, 0.4) is 0 Å². The van der Waals surface area contributed by atoms with Crippen molar-refractivity contribution in [1.82, 2.24) is 25.1 Å². The SMILES string of the molecule is Cc1nn(-c2cnc(C(F)(F)F)nc2)cc1CNC(=O)[C@@H]1CC[C@@H]1S(=O)(=O)c1ccc(F)cc1. The first-order valence-corrected chi connectivity index (χ1v) is 11.7. The van der Waals surface area contributed by atoms with Gasteiger partial charge in [0.25, 0.3) is 0 Å². The summed E-state index contributed by atoms with van der Waals surface area (Å²) >= 11 is 0. The van der Waals surface area contributed by atoms with Gasteiger partial charge in [-0.2, -0.15) is 18.3 Å². The third-order valence-corrected chi connectivity index (χ3v) is 7.99. The van der Waals surface area contributed by atoms with E-state index in [0.29, 0.717) is 24.1 Å². The average molecular weight is 497 g/mol. The number of alkyl halides is 3. The number of nitrogens with one attached hydrogen (secondary N) is 1. The normalized spacial score (nSPS) is 18.4. The molecule has 180 valence electrons. The monoisotopic (exact) mass is 497 g/mol. The van der Waals surface area contributed by atoms with Gasteiger partial charge in [-0.25, -0.2) is 27.5 Å². The van der Waals surface area contributed by atoms with Gasteiger partial charge in [0.2, 0.25) is 11.7 Å². The van der Waals surface area contributed by atoms with Gasteiger partial charge in [0.1, 0.15) is 11.5 Å². The van der Waals surface area contributed by atoms with Gasteiger partial charge in [-0.05, 0) is 44.0 Å². The predicted molar refractivity (Wildman–Crippen MR) is 111 cm³/mol. The second-order valence-electron chi connectivity index (χ2n) is 7.89. The van der Waals surface area contributed by atoms with Gasteiger partial charge in [-0.15, -0.1) is 0 Å². The molecular weight excluding hydrogens is 478 g/mol. The van der Waals surface area contributed by atoms with E-state index in [1.807, 2.05) is 0 Å². The third-order valence-electron chi connectivity index (χ3n) is 5.70. The van der Waals surface area contributed by atoms with E-state index in [0.717, 1.165) is 24.5 Å². The molecule has 1 fully saturated rings. The molecule has 2 atom stereocenters. The van der Waals surface area contributed by atoms with Crippen molar-refractivity contribution in [3.63, 3.8) is 0 Å². The van der Waals surface area contributed by atoms with Crippen LogP contribution in [0.2, 0.25) is 0 Å². The minimum Gasteiger partial charge on any atom is -0.352 e. The van der Waals surface area contributed by atoms with E-state index in [2.05, 4.69) is 20.4 Å². The number of rotatable bonds is 6. The summed E-state index contributed by atoms with van der Waals surface area (Å²) in [7, 11) is -3.79. The summed E-state index contributed by atoms with van der Waals surface area (Å²) in [6, 6.07) is 4.48. The molecule has 0 unspecified atom stereocenters. The summed E-state index contributed by atoms with van der Waals surface area (Å²) in [4.78, 5) is 19.2. The Hall–Kier alpha value is -3.35. The molecule has 0 spiro atoms. The number of nitrogens with zero attached hydrogens (tertiary/aromatic N) is 4. The van der Waals surface area contributed by atoms with Gasteiger partial charge in [0.05, 0.1) is 34.2 Å². The molecule has 2 aromatic heterocycles. The second kappa shape index (κ2) is 8.78. The van der Waals surface area contributed by atoms with Gasteiger partial charge in [0.15, 0.2) is 9.84 Å². The molecule has 13 heteroatoms. The Bertz CT molecular complexity index is 1310. The zero-order valence-electron chi connectivity index (χ0n) is 17.8. The van der Waals surface area contributed by atoms with Gasteiger partial charge >= 0.3 is 6.18 Å². The minimum absolute atomic E-state index is 0.0349. The molecule has 1 aromatic carbocycles. The molecule has 1 N–H and O–H groups in total. The molecule has 3 aromatic rings. The number of hydrogen-bond acceptors (Lipinski definition) is 6. The molecule has 0 aliphatic heterocycles. The van der Waals surface area contributed by atoms with Crippen molar-refractivity contribution in [2.24, 2.45) is 5.92 Å². The number of aryl methyl sites for hydroxylation is 1. The van der Waals surface area contributed by atoms with Crippen LogP contribution in [0.25, 0.3) is 5.69 Å². The molecule has 4 rings (SSSR count). The lowest BCUT2D eigenvalue weighted by Gasteiger charge is -2.34. The van der Waals surface area contributed by atoms with Gasteiger partial charge in [-0.3, -0.25) is 4.79 Å². The minimum atomic E-state index is -4.66. The maximum Gasteiger partial charge on any atom is 0.451 e. The number of amides is 1. The highest BCUT2D eigenvalue weighted by Gasteiger charge is 2.45. The Labute approximate surface area is 192 Å². The van der Waals surface area contributed by atoms with Crippen molar-refractivity contribution in [3.05, 3.63) is 65.8 Å². The van der Waals surface area contributed by atoms with Crippen molar-refractivity contribution >= 4 is 15.7 Å². The fraction of sp³-hybridized carbons (Fsp3) is 0.333. The lowest BCUT2D eigenvalue weighted by molar-refractivity contribution is -0.145. The number of aromatic nitrogens is 4. The van der Waals surface area contributed by atoms with Crippen LogP contribution >= 0.6 is 0 Å². The fourth-order valence-electron chi connectivity index (χ4n) is 3.64. The molecule has 2 heterocycles. The summed E-state index contributed by atoms with van der Waals surface area (Å²) in [5.74, 6) is -3.00. The molecule has 1 aliphatic carbocycles. The molecule has 0 radical (unpaired) electrons. The zero-order chi connectivity index (χ0) is 24.7. The van der Waals surface area contributed by atoms with Crippen molar-refractivity contribution in [2.45, 2.75) is 42.6 Å². The largest absolute Gasteiger partial charge is 0.451 e. The first-order valence-electron chi connectivity index (χ1n) is 10.2. The first kappa shape index (κ1) is 23.8. The first-order chi connectivity index (χ1) is 16.0. The molecule has 1 saturated carbocycles. The molecule has 8 nitrogen and oxygen atoms in total. The van der Waals surface area contributed by atoms with Gasteiger partial charge in [-0.1, -0.05) is 0 Å². The molecule has 1 aliphatic rings. The van der Waals surface area contributed by atoms with E-state index < -0.39 is 44.7 Å². The summed E-state index contributed by atoms with van der Waals surface area (Å²) in [6.07, 6.45) is -0.429. The van der Waals surface area contributed by atoms with Crippen LogP contribution in [0.1, 0.15) is 29.9 Å². The third kappa shape index (κ3) is 4.65. The summed E-state index contributed by atoms with van der Waals surface area (Å²) in [5.41, 5.74) is 1.31. The molecule has 1 amide bonds. The fourth-order valence-corrected chi connectivity index (χ4v) is 5.64. The number of hydrogen-bond donors (Lipinski definition) is 1. The summed E-state index contributed by atoms with van der Waals surface area (Å²) in [5, 5.41) is 6.01. The van der Waals surface area contributed by atoms with E-state index in [9.17, 15) is 30.8 Å². The van der Waals surface area contributed by atoms with Crippen LogP contribution in [-0.2, 0) is 27.4 Å². The quantitative estimate of drug-likeness (QED) is 0.415. The average Bonchev–Trinajstić information content (AvgIpc) is 3.11. The molecule has 34 heavy (non-hydrogen) atoms. The Morgan fingerprint density at radius 3 is 2.35 bits per heavy atom. The predicted octanol–water partition coefficient (Wildman–Crippen LogP) is 3.00. The van der Waals surface area contributed by atoms with E-state index in [1.54, 1.807) is 6.92 Å². The van der Waals surface area contributed by atoms with Crippen molar-refractivity contribution in [3.8, 4) is 5.69 Å². The maximum atomic E-state index is 13.1. The Morgan fingerprint density at radius 2 is 1.79 bits per heavy atom. The topological polar surface area (TPSA) is 107 Å². The summed E-state index contributed by atoms with van der Waals surface area (Å²) in [6.45, 7) is 1.71. The number of benzene rings is 1. The second-order valence-corrected chi connectivity index (χ2v) is 10.1. The Balaban J connectivity index is 1.41. The highest BCUT2D eigenvalue weighted by Crippen LogP contribution is 2.37. The van der Waals surface area contributed by atoms with Crippen LogP contribution in [0.4, 0.5) is 17.6 Å². The van der Waals surface area contributed by atoms with Gasteiger partial charge < -0.3 is 5.32 Å². The lowest BCUT2D eigenvalue weighted by Crippen LogP contribution is -2.47. The highest BCUT2D eigenvalue weighted by atomic mass is 32.2. The number of halogens is 4. The van der Waals surface area contributed by atoms with Gasteiger partial charge in [0, 0.05) is 18.3 Å². The zero-order valence-corrected chi connectivity index (χ0v) is 18.6. The Kier molecular flexibility index (Phi) is 6.14. The van der Waals surface area contributed by atoms with E-state index in [4.69, 9.17) is 0 Å². The number of carbonyl (C=O) groups is 1. The van der Waals surface area contributed by atoms with Crippen LogP contribution in [0, 0.1) is 18.7 Å². The molecule has 0 bridgehead atoms. The molecular formula is C21H19F4N5O3S. The van der Waals surface area contributed by atoms with Crippen LogP contribution in [0.15, 0.2) is 47.8 Å². The standard InChI is InChI=1S/C21H19F4N5O3S/c1-12-13(11-30(29-12)15-9-27-20(28-10-15)21(23,24)25)8-26-19(31)17-6-7-18(17)34(32,33)16-4-2-14(22)3-5-16/h2-5,9-11,17-18H,6-8H2,1H3,(H,26,31)/t17-,18+/m1/s1. The summed E-state index contributed by atoms with van der Waals surface area (Å²) < 4.78 is 78.0. The maximum absolute atomic E-state index is 13.1. The van der Waals surface area contributed by atoms with E-state index in [-0.39, 0.29) is 17.1 Å². The van der Waals surface area contributed by atoms with Crippen LogP contribution < -0.4 is 5.32 Å². The smallest absolute Gasteiger partial charge is 0.352 e.